The monoisotopic (exact) mass is 250 g/mol. The van der Waals surface area contributed by atoms with Gasteiger partial charge in [-0.3, -0.25) is 4.79 Å². The Hall–Kier alpha value is -1.40. The first kappa shape index (κ1) is 13.7. The Morgan fingerprint density at radius 1 is 1.35 bits per heavy atom. The maximum atomic E-state index is 12.6. The smallest absolute Gasteiger partial charge is 0.323 e. The van der Waals surface area contributed by atoms with E-state index < -0.39 is 43.1 Å². The second kappa shape index (κ2) is 4.12. The fourth-order valence-corrected chi connectivity index (χ4v) is 1.55. The third kappa shape index (κ3) is 3.28. The molecule has 2 amide bonds. The molecule has 5 nitrogen and oxygen atoms in total. The molecule has 1 N–H and O–H groups in total. The van der Waals surface area contributed by atoms with Gasteiger partial charge in [0.2, 0.25) is 0 Å². The zero-order valence-corrected chi connectivity index (χ0v) is 10.0. The van der Waals surface area contributed by atoms with Crippen LogP contribution < -0.4 is 0 Å². The molecule has 0 spiro atoms. The van der Waals surface area contributed by atoms with Crippen molar-refractivity contribution in [2.75, 3.05) is 19.6 Å². The van der Waals surface area contributed by atoms with Gasteiger partial charge in [-0.25, -0.2) is 13.6 Å². The van der Waals surface area contributed by atoms with E-state index >= 15 is 0 Å². The molecule has 0 aliphatic carbocycles. The minimum Gasteiger partial charge on any atom is -0.480 e. The van der Waals surface area contributed by atoms with Crippen LogP contribution in [0.3, 0.4) is 0 Å². The molecular weight excluding hydrogens is 234 g/mol. The molecule has 17 heavy (non-hydrogen) atoms. The van der Waals surface area contributed by atoms with E-state index in [2.05, 4.69) is 0 Å². The number of likely N-dealkylation sites (tertiary alicyclic amines) is 1. The fourth-order valence-electron chi connectivity index (χ4n) is 1.55. The summed E-state index contributed by atoms with van der Waals surface area (Å²) in [5, 5.41) is 8.71. The first-order valence-corrected chi connectivity index (χ1v) is 5.19. The molecule has 98 valence electrons. The Labute approximate surface area is 98.0 Å². The van der Waals surface area contributed by atoms with Crippen LogP contribution in [0.15, 0.2) is 0 Å². The fraction of sp³-hybridized carbons (Fsp3) is 0.800. The Morgan fingerprint density at radius 3 is 2.12 bits per heavy atom. The second-order valence-corrected chi connectivity index (χ2v) is 5.15. The average Bonchev–Trinajstić information content (AvgIpc) is 2.07. The van der Waals surface area contributed by atoms with Crippen molar-refractivity contribution >= 4 is 12.0 Å². The van der Waals surface area contributed by atoms with Gasteiger partial charge in [0, 0.05) is 5.54 Å². The molecule has 0 atom stereocenters. The van der Waals surface area contributed by atoms with Gasteiger partial charge in [-0.2, -0.15) is 0 Å². The molecule has 1 aliphatic heterocycles. The topological polar surface area (TPSA) is 60.9 Å². The molecule has 0 aromatic heterocycles. The minimum atomic E-state index is -2.84. The molecule has 0 saturated carbocycles. The number of alkyl halides is 2. The predicted molar refractivity (Wildman–Crippen MR) is 56.0 cm³/mol. The van der Waals surface area contributed by atoms with Crippen LogP contribution >= 0.6 is 0 Å². The summed E-state index contributed by atoms with van der Waals surface area (Å²) in [6, 6.07) is -0.661. The number of amides is 2. The third-order valence-electron chi connectivity index (χ3n) is 2.45. The summed E-state index contributed by atoms with van der Waals surface area (Å²) < 4.78 is 25.3. The maximum Gasteiger partial charge on any atom is 0.323 e. The Kier molecular flexibility index (Phi) is 3.31. The lowest BCUT2D eigenvalue weighted by molar-refractivity contribution is -0.140. The third-order valence-corrected chi connectivity index (χ3v) is 2.45. The molecule has 0 unspecified atom stereocenters. The number of rotatable bonds is 2. The molecule has 1 heterocycles. The van der Waals surface area contributed by atoms with Gasteiger partial charge in [0.25, 0.3) is 5.92 Å². The zero-order valence-electron chi connectivity index (χ0n) is 10.0. The van der Waals surface area contributed by atoms with E-state index in [4.69, 9.17) is 5.11 Å². The number of nitrogens with zero attached hydrogens (tertiary/aromatic N) is 2. The van der Waals surface area contributed by atoms with Crippen molar-refractivity contribution in [2.24, 2.45) is 0 Å². The van der Waals surface area contributed by atoms with Crippen molar-refractivity contribution in [3.05, 3.63) is 0 Å². The summed E-state index contributed by atoms with van der Waals surface area (Å²) >= 11 is 0. The van der Waals surface area contributed by atoms with Crippen LogP contribution in [0.1, 0.15) is 20.8 Å². The highest BCUT2D eigenvalue weighted by atomic mass is 19.3. The molecule has 1 rings (SSSR count). The quantitative estimate of drug-likeness (QED) is 0.802. The first-order chi connectivity index (χ1) is 7.53. The van der Waals surface area contributed by atoms with Crippen LogP contribution in [-0.2, 0) is 4.79 Å². The van der Waals surface area contributed by atoms with Gasteiger partial charge in [-0.15, -0.1) is 0 Å². The van der Waals surface area contributed by atoms with Crippen molar-refractivity contribution in [3.8, 4) is 0 Å². The normalized spacial score (nSPS) is 18.5. The van der Waals surface area contributed by atoms with Gasteiger partial charge >= 0.3 is 12.0 Å². The van der Waals surface area contributed by atoms with E-state index in [0.717, 1.165) is 9.80 Å². The van der Waals surface area contributed by atoms with E-state index in [1.807, 2.05) is 0 Å². The summed E-state index contributed by atoms with van der Waals surface area (Å²) in [6.45, 7) is 3.20. The summed E-state index contributed by atoms with van der Waals surface area (Å²) in [6.07, 6.45) is 0. The molecule has 0 aromatic carbocycles. The summed E-state index contributed by atoms with van der Waals surface area (Å²) in [5.74, 6) is -4.01. The molecule has 0 radical (unpaired) electrons. The Morgan fingerprint density at radius 2 is 1.82 bits per heavy atom. The lowest BCUT2D eigenvalue weighted by atomic mass is 10.1. The van der Waals surface area contributed by atoms with E-state index in [-0.39, 0.29) is 0 Å². The molecular formula is C10H16F2N2O3. The molecule has 0 bridgehead atoms. The zero-order chi connectivity index (χ0) is 13.4. The van der Waals surface area contributed by atoms with Crippen molar-refractivity contribution in [3.63, 3.8) is 0 Å². The summed E-state index contributed by atoms with van der Waals surface area (Å²) in [7, 11) is 0. The van der Waals surface area contributed by atoms with Crippen molar-refractivity contribution in [2.45, 2.75) is 32.2 Å². The Bertz CT molecular complexity index is 331. The van der Waals surface area contributed by atoms with Gasteiger partial charge in [0.05, 0.1) is 13.1 Å². The van der Waals surface area contributed by atoms with Crippen LogP contribution in [0.2, 0.25) is 0 Å². The van der Waals surface area contributed by atoms with E-state index in [1.54, 1.807) is 20.8 Å². The van der Waals surface area contributed by atoms with Gasteiger partial charge in [-0.05, 0) is 20.8 Å². The number of halogens is 2. The molecule has 1 aliphatic rings. The van der Waals surface area contributed by atoms with Crippen LogP contribution in [0.5, 0.6) is 0 Å². The molecule has 7 heteroatoms. The first-order valence-electron chi connectivity index (χ1n) is 5.19. The number of aliphatic carboxylic acids is 1. The van der Waals surface area contributed by atoms with E-state index in [9.17, 15) is 18.4 Å². The lowest BCUT2D eigenvalue weighted by Crippen LogP contribution is -2.64. The highest BCUT2D eigenvalue weighted by Crippen LogP contribution is 2.29. The molecule has 1 fully saturated rings. The van der Waals surface area contributed by atoms with Crippen LogP contribution in [-0.4, -0.2) is 58.0 Å². The molecule has 1 saturated heterocycles. The van der Waals surface area contributed by atoms with E-state index in [1.165, 1.54) is 0 Å². The van der Waals surface area contributed by atoms with Crippen LogP contribution in [0, 0.1) is 0 Å². The van der Waals surface area contributed by atoms with Gasteiger partial charge in [0.1, 0.15) is 6.54 Å². The van der Waals surface area contributed by atoms with Gasteiger partial charge in [-0.1, -0.05) is 0 Å². The Balaban J connectivity index is 2.72. The predicted octanol–water partition coefficient (Wildman–Crippen LogP) is 1.24. The number of carboxylic acids is 1. The number of hydrogen-bond acceptors (Lipinski definition) is 2. The number of carbonyl (C=O) groups excluding carboxylic acids is 1. The van der Waals surface area contributed by atoms with E-state index in [0.29, 0.717) is 0 Å². The van der Waals surface area contributed by atoms with Crippen molar-refractivity contribution < 1.29 is 23.5 Å². The SMILES string of the molecule is CC(C)(C)N(CC(=O)O)C(=O)N1CC(F)(F)C1. The van der Waals surface area contributed by atoms with Crippen LogP contribution in [0.4, 0.5) is 13.6 Å². The average molecular weight is 250 g/mol. The summed E-state index contributed by atoms with van der Waals surface area (Å²) in [4.78, 5) is 24.5. The van der Waals surface area contributed by atoms with Crippen LogP contribution in [0.25, 0.3) is 0 Å². The lowest BCUT2D eigenvalue weighted by Gasteiger charge is -2.44. The number of carboxylic acid groups (broad SMARTS) is 1. The molecule has 0 aromatic rings. The number of hydrogen-bond donors (Lipinski definition) is 1. The van der Waals surface area contributed by atoms with Gasteiger partial charge in [0.15, 0.2) is 0 Å². The maximum absolute atomic E-state index is 12.6. The number of urea groups is 1. The van der Waals surface area contributed by atoms with Crippen molar-refractivity contribution in [1.29, 1.82) is 0 Å². The number of carbonyl (C=O) groups is 2. The highest BCUT2D eigenvalue weighted by molar-refractivity contribution is 5.81. The largest absolute Gasteiger partial charge is 0.480 e. The van der Waals surface area contributed by atoms with Gasteiger partial charge < -0.3 is 14.9 Å². The summed E-state index contributed by atoms with van der Waals surface area (Å²) in [5.41, 5.74) is -0.722. The standard InChI is InChI=1S/C10H16F2N2O3/c1-9(2,3)14(4-7(15)16)8(17)13-5-10(11,12)6-13/h4-6H2,1-3H3,(H,15,16). The second-order valence-electron chi connectivity index (χ2n) is 5.15. The van der Waals surface area contributed by atoms with Crippen molar-refractivity contribution in [1.82, 2.24) is 9.80 Å². The highest BCUT2D eigenvalue weighted by Gasteiger charge is 2.48. The minimum absolute atomic E-state index is 0.496.